The Kier molecular flexibility index (Phi) is 11.6. The maximum absolute atomic E-state index is 5.57. The van der Waals surface area contributed by atoms with Gasteiger partial charge in [-0.05, 0) is 33.2 Å². The van der Waals surface area contributed by atoms with Gasteiger partial charge in [0.2, 0.25) is 0 Å². The molecule has 0 saturated carbocycles. The summed E-state index contributed by atoms with van der Waals surface area (Å²) in [5, 5.41) is 0. The molecule has 1 atom stereocenters. The zero-order valence-electron chi connectivity index (χ0n) is 11.0. The van der Waals surface area contributed by atoms with Crippen molar-refractivity contribution in [2.45, 2.75) is 39.3 Å². The fraction of sp³-hybridized carbons (Fsp3) is 1.00. The molecule has 98 valence electrons. The average Bonchev–Trinajstić information content (AvgIpc) is 2.28. The Labute approximate surface area is 101 Å². The second kappa shape index (κ2) is 11.5. The number of hydrogen-bond acceptors (Lipinski definition) is 4. The molecule has 16 heavy (non-hydrogen) atoms. The van der Waals surface area contributed by atoms with E-state index in [4.69, 9.17) is 18.3 Å². The van der Waals surface area contributed by atoms with Crippen molar-refractivity contribution in [3.63, 3.8) is 0 Å². The lowest BCUT2D eigenvalue weighted by molar-refractivity contribution is 0.0184. The van der Waals surface area contributed by atoms with E-state index in [1.54, 1.807) is 7.11 Å². The predicted octanol–water partition coefficient (Wildman–Crippen LogP) is 1.72. The summed E-state index contributed by atoms with van der Waals surface area (Å²) in [6.45, 7) is 8.93. The molecule has 0 amide bonds. The fourth-order valence-electron chi connectivity index (χ4n) is 1.26. The molecule has 0 radical (unpaired) electrons. The highest BCUT2D eigenvalue weighted by Gasteiger charge is 2.11. The van der Waals surface area contributed by atoms with Gasteiger partial charge in [0.1, 0.15) is 0 Å². The summed E-state index contributed by atoms with van der Waals surface area (Å²) in [5.74, 6) is 0. The van der Waals surface area contributed by atoms with Gasteiger partial charge in [-0.15, -0.1) is 0 Å². The second-order valence-corrected chi connectivity index (χ2v) is 5.71. The Balaban J connectivity index is 3.39. The molecule has 0 heterocycles. The minimum atomic E-state index is -1.42. The van der Waals surface area contributed by atoms with Crippen molar-refractivity contribution < 1.29 is 18.3 Å². The maximum Gasteiger partial charge on any atom is 0.321 e. The standard InChI is InChI=1S/C11H26O4Si/c1-5-14-16(15-6-2)9-7-8-13-10-11(3)12-4/h11,16H,5-10H2,1-4H3. The maximum atomic E-state index is 5.57. The smallest absolute Gasteiger partial charge is 0.321 e. The van der Waals surface area contributed by atoms with E-state index in [9.17, 15) is 0 Å². The molecule has 0 rings (SSSR count). The molecule has 0 aliphatic rings. The van der Waals surface area contributed by atoms with Crippen LogP contribution in [0.25, 0.3) is 0 Å². The molecule has 0 aromatic carbocycles. The Morgan fingerprint density at radius 2 is 1.75 bits per heavy atom. The molecule has 0 aromatic rings. The van der Waals surface area contributed by atoms with Gasteiger partial charge in [-0.3, -0.25) is 0 Å². The quantitative estimate of drug-likeness (QED) is 0.413. The summed E-state index contributed by atoms with van der Waals surface area (Å²) in [5.41, 5.74) is 0. The van der Waals surface area contributed by atoms with Crippen LogP contribution in [0.4, 0.5) is 0 Å². The molecule has 0 N–H and O–H groups in total. The van der Waals surface area contributed by atoms with Crippen LogP contribution < -0.4 is 0 Å². The third-order valence-electron chi connectivity index (χ3n) is 2.19. The fourth-order valence-corrected chi connectivity index (χ4v) is 2.93. The van der Waals surface area contributed by atoms with Crippen LogP contribution in [0.5, 0.6) is 0 Å². The zero-order valence-corrected chi connectivity index (χ0v) is 12.2. The van der Waals surface area contributed by atoms with Gasteiger partial charge < -0.3 is 18.3 Å². The molecular formula is C11H26O4Si. The van der Waals surface area contributed by atoms with Crippen LogP contribution in [0, 0.1) is 0 Å². The summed E-state index contributed by atoms with van der Waals surface area (Å²) in [6, 6.07) is 1.02. The van der Waals surface area contributed by atoms with Gasteiger partial charge in [0.05, 0.1) is 12.7 Å². The first-order chi connectivity index (χ1) is 7.74. The van der Waals surface area contributed by atoms with Crippen LogP contribution in [-0.2, 0) is 18.3 Å². The second-order valence-electron chi connectivity index (χ2n) is 3.60. The van der Waals surface area contributed by atoms with Gasteiger partial charge in [0.15, 0.2) is 0 Å². The van der Waals surface area contributed by atoms with Crippen molar-refractivity contribution in [3.05, 3.63) is 0 Å². The van der Waals surface area contributed by atoms with Crippen LogP contribution in [0.3, 0.4) is 0 Å². The van der Waals surface area contributed by atoms with Crippen LogP contribution in [-0.4, -0.2) is 48.9 Å². The SMILES string of the molecule is CCO[SiH](CCCOCC(C)OC)OCC. The minimum absolute atomic E-state index is 0.173. The molecule has 0 spiro atoms. The normalized spacial score (nSPS) is 13.3. The highest BCUT2D eigenvalue weighted by Crippen LogP contribution is 2.02. The first-order valence-corrected chi connectivity index (χ1v) is 7.84. The molecule has 1 unspecified atom stereocenters. The Hall–Kier alpha value is 0.0569. The van der Waals surface area contributed by atoms with Crippen molar-refractivity contribution >= 4 is 9.28 Å². The van der Waals surface area contributed by atoms with Gasteiger partial charge in [0, 0.05) is 26.9 Å². The average molecular weight is 250 g/mol. The lowest BCUT2D eigenvalue weighted by atomic mass is 10.4. The lowest BCUT2D eigenvalue weighted by Gasteiger charge is -2.15. The molecule has 0 aromatic heterocycles. The van der Waals surface area contributed by atoms with E-state index in [0.29, 0.717) is 6.61 Å². The van der Waals surface area contributed by atoms with Crippen LogP contribution >= 0.6 is 0 Å². The van der Waals surface area contributed by atoms with Crippen molar-refractivity contribution in [1.82, 2.24) is 0 Å². The molecule has 0 saturated heterocycles. The van der Waals surface area contributed by atoms with Crippen molar-refractivity contribution in [2.24, 2.45) is 0 Å². The van der Waals surface area contributed by atoms with E-state index in [0.717, 1.165) is 32.3 Å². The van der Waals surface area contributed by atoms with Crippen molar-refractivity contribution in [3.8, 4) is 0 Å². The van der Waals surface area contributed by atoms with E-state index < -0.39 is 9.28 Å². The van der Waals surface area contributed by atoms with Gasteiger partial charge in [-0.25, -0.2) is 0 Å². The minimum Gasteiger partial charge on any atom is -0.397 e. The van der Waals surface area contributed by atoms with Crippen molar-refractivity contribution in [2.75, 3.05) is 33.5 Å². The van der Waals surface area contributed by atoms with Gasteiger partial charge >= 0.3 is 9.28 Å². The molecule has 0 aliphatic heterocycles. The zero-order chi connectivity index (χ0) is 12.2. The largest absolute Gasteiger partial charge is 0.397 e. The monoisotopic (exact) mass is 250 g/mol. The predicted molar refractivity (Wildman–Crippen MR) is 67.1 cm³/mol. The number of ether oxygens (including phenoxy) is 2. The highest BCUT2D eigenvalue weighted by atomic mass is 28.3. The molecule has 0 aliphatic carbocycles. The van der Waals surface area contributed by atoms with E-state index in [-0.39, 0.29) is 6.10 Å². The van der Waals surface area contributed by atoms with Gasteiger partial charge in [-0.1, -0.05) is 0 Å². The van der Waals surface area contributed by atoms with Crippen LogP contribution in [0.15, 0.2) is 0 Å². The summed E-state index contributed by atoms with van der Waals surface area (Å²) in [4.78, 5) is 0. The molecule has 0 bridgehead atoms. The number of rotatable bonds is 11. The number of hydrogen-bond donors (Lipinski definition) is 0. The summed E-state index contributed by atoms with van der Waals surface area (Å²) in [6.07, 6.45) is 1.18. The Bertz CT molecular complexity index is 140. The van der Waals surface area contributed by atoms with E-state index >= 15 is 0 Å². The first-order valence-electron chi connectivity index (χ1n) is 6.08. The van der Waals surface area contributed by atoms with E-state index in [2.05, 4.69) is 0 Å². The van der Waals surface area contributed by atoms with Crippen molar-refractivity contribution in [1.29, 1.82) is 0 Å². The Morgan fingerprint density at radius 3 is 2.25 bits per heavy atom. The lowest BCUT2D eigenvalue weighted by Crippen LogP contribution is -2.23. The summed E-state index contributed by atoms with van der Waals surface area (Å²) >= 11 is 0. The summed E-state index contributed by atoms with van der Waals surface area (Å²) in [7, 11) is 0.276. The first kappa shape index (κ1) is 16.1. The molecule has 0 fully saturated rings. The van der Waals surface area contributed by atoms with E-state index in [1.165, 1.54) is 0 Å². The third-order valence-corrected chi connectivity index (χ3v) is 4.48. The van der Waals surface area contributed by atoms with Gasteiger partial charge in [-0.2, -0.15) is 0 Å². The Morgan fingerprint density at radius 1 is 1.12 bits per heavy atom. The van der Waals surface area contributed by atoms with Crippen LogP contribution in [0.1, 0.15) is 27.2 Å². The molecule has 4 nitrogen and oxygen atoms in total. The topological polar surface area (TPSA) is 36.9 Å². The highest BCUT2D eigenvalue weighted by molar-refractivity contribution is 6.44. The third kappa shape index (κ3) is 9.29. The molecular weight excluding hydrogens is 224 g/mol. The molecule has 5 heteroatoms. The number of methoxy groups -OCH3 is 1. The van der Waals surface area contributed by atoms with Crippen LogP contribution in [0.2, 0.25) is 6.04 Å². The van der Waals surface area contributed by atoms with E-state index in [1.807, 2.05) is 20.8 Å². The summed E-state index contributed by atoms with van der Waals surface area (Å²) < 4.78 is 21.7. The van der Waals surface area contributed by atoms with Gasteiger partial charge in [0.25, 0.3) is 0 Å².